The molecule has 1 N–H and O–H groups in total. The lowest BCUT2D eigenvalue weighted by Gasteiger charge is -2.01. The van der Waals surface area contributed by atoms with E-state index in [1.54, 1.807) is 6.92 Å². The third kappa shape index (κ3) is 5.49. The zero-order valence-electron chi connectivity index (χ0n) is 11.7. The van der Waals surface area contributed by atoms with Crippen molar-refractivity contribution in [1.82, 2.24) is 14.9 Å². The van der Waals surface area contributed by atoms with Gasteiger partial charge in [0.05, 0.1) is 12.2 Å². The van der Waals surface area contributed by atoms with Crippen LogP contribution in [0, 0.1) is 0 Å². The summed E-state index contributed by atoms with van der Waals surface area (Å²) in [6, 6.07) is 9.87. The molecule has 0 atom stereocenters. The van der Waals surface area contributed by atoms with E-state index in [9.17, 15) is 8.42 Å². The molecule has 0 saturated heterocycles. The monoisotopic (exact) mass is 327 g/mol. The second-order valence-electron chi connectivity index (χ2n) is 4.27. The summed E-state index contributed by atoms with van der Waals surface area (Å²) < 4.78 is 30.5. The third-order valence-electron chi connectivity index (χ3n) is 2.68. The highest BCUT2D eigenvalue weighted by molar-refractivity contribution is 7.99. The van der Waals surface area contributed by atoms with Gasteiger partial charge in [0, 0.05) is 12.3 Å². The fraction of sp³-hybridized carbons (Fsp3) is 0.385. The SMILES string of the molecule is CCS(=O)(=O)NCCSc1nnc(Cc2ccccc2)o1. The standard InChI is InChI=1S/C13H17N3O3S2/c1-2-21(17,18)14-8-9-20-13-16-15-12(19-13)10-11-6-4-3-5-7-11/h3-7,14H,2,8-10H2,1H3. The van der Waals surface area contributed by atoms with Crippen LogP contribution in [0.25, 0.3) is 0 Å². The summed E-state index contributed by atoms with van der Waals surface area (Å²) in [5, 5.41) is 8.37. The highest BCUT2D eigenvalue weighted by Crippen LogP contribution is 2.17. The molecule has 0 fully saturated rings. The molecule has 21 heavy (non-hydrogen) atoms. The van der Waals surface area contributed by atoms with E-state index in [2.05, 4.69) is 14.9 Å². The predicted molar refractivity (Wildman–Crippen MR) is 81.7 cm³/mol. The van der Waals surface area contributed by atoms with Gasteiger partial charge in [-0.25, -0.2) is 13.1 Å². The molecule has 8 heteroatoms. The second kappa shape index (κ2) is 7.58. The van der Waals surface area contributed by atoms with Crippen molar-refractivity contribution in [3.05, 3.63) is 41.8 Å². The number of hydrogen-bond donors (Lipinski definition) is 1. The number of thioether (sulfide) groups is 1. The summed E-state index contributed by atoms with van der Waals surface area (Å²) in [4.78, 5) is 0. The van der Waals surface area contributed by atoms with Crippen molar-refractivity contribution in [3.8, 4) is 0 Å². The smallest absolute Gasteiger partial charge is 0.276 e. The summed E-state index contributed by atoms with van der Waals surface area (Å²) in [6.45, 7) is 1.95. The van der Waals surface area contributed by atoms with Crippen LogP contribution in [0.4, 0.5) is 0 Å². The van der Waals surface area contributed by atoms with Crippen molar-refractivity contribution in [3.63, 3.8) is 0 Å². The Bertz CT molecular complexity index is 656. The average molecular weight is 327 g/mol. The minimum atomic E-state index is -3.14. The minimum absolute atomic E-state index is 0.0828. The van der Waals surface area contributed by atoms with Gasteiger partial charge in [-0.2, -0.15) is 0 Å². The minimum Gasteiger partial charge on any atom is -0.416 e. The normalized spacial score (nSPS) is 11.7. The van der Waals surface area contributed by atoms with E-state index < -0.39 is 10.0 Å². The maximum Gasteiger partial charge on any atom is 0.276 e. The van der Waals surface area contributed by atoms with E-state index >= 15 is 0 Å². The van der Waals surface area contributed by atoms with E-state index in [0.717, 1.165) is 5.56 Å². The first kappa shape index (κ1) is 16.0. The summed E-state index contributed by atoms with van der Waals surface area (Å²) in [5.74, 6) is 1.18. The average Bonchev–Trinajstić information content (AvgIpc) is 2.92. The number of nitrogens with zero attached hydrogens (tertiary/aromatic N) is 2. The van der Waals surface area contributed by atoms with Gasteiger partial charge >= 0.3 is 0 Å². The van der Waals surface area contributed by atoms with Crippen molar-refractivity contribution in [1.29, 1.82) is 0 Å². The predicted octanol–water partition coefficient (Wildman–Crippen LogP) is 1.69. The molecule has 0 aliphatic rings. The Morgan fingerprint density at radius 1 is 1.24 bits per heavy atom. The van der Waals surface area contributed by atoms with Gasteiger partial charge in [-0.3, -0.25) is 0 Å². The zero-order chi connectivity index (χ0) is 15.1. The van der Waals surface area contributed by atoms with Crippen molar-refractivity contribution in [2.75, 3.05) is 18.1 Å². The third-order valence-corrected chi connectivity index (χ3v) is 4.90. The molecule has 1 aromatic heterocycles. The van der Waals surface area contributed by atoms with Crippen LogP contribution in [-0.4, -0.2) is 36.7 Å². The van der Waals surface area contributed by atoms with Crippen LogP contribution < -0.4 is 4.72 Å². The first-order chi connectivity index (χ1) is 10.1. The van der Waals surface area contributed by atoms with Gasteiger partial charge in [0.15, 0.2) is 0 Å². The fourth-order valence-corrected chi connectivity index (χ4v) is 2.95. The summed E-state index contributed by atoms with van der Waals surface area (Å²) in [5.41, 5.74) is 1.11. The summed E-state index contributed by atoms with van der Waals surface area (Å²) in [6.07, 6.45) is 0.594. The molecule has 2 rings (SSSR count). The van der Waals surface area contributed by atoms with Crippen LogP contribution in [-0.2, 0) is 16.4 Å². The molecule has 114 valence electrons. The molecular weight excluding hydrogens is 310 g/mol. The maximum absolute atomic E-state index is 11.2. The van der Waals surface area contributed by atoms with E-state index in [4.69, 9.17) is 4.42 Å². The first-order valence-corrected chi connectivity index (χ1v) is 9.19. The van der Waals surface area contributed by atoms with E-state index in [1.165, 1.54) is 11.8 Å². The largest absolute Gasteiger partial charge is 0.416 e. The molecule has 1 heterocycles. The van der Waals surface area contributed by atoms with Gasteiger partial charge in [-0.1, -0.05) is 42.1 Å². The van der Waals surface area contributed by atoms with Crippen molar-refractivity contribution >= 4 is 21.8 Å². The molecule has 0 saturated carbocycles. The van der Waals surface area contributed by atoms with Gasteiger partial charge in [-0.15, -0.1) is 10.2 Å². The Labute approximate surface area is 128 Å². The summed E-state index contributed by atoms with van der Waals surface area (Å²) >= 11 is 1.34. The van der Waals surface area contributed by atoms with Crippen molar-refractivity contribution in [2.24, 2.45) is 0 Å². The van der Waals surface area contributed by atoms with E-state index in [-0.39, 0.29) is 5.75 Å². The van der Waals surface area contributed by atoms with Gasteiger partial charge in [-0.05, 0) is 12.5 Å². The zero-order valence-corrected chi connectivity index (χ0v) is 13.3. The molecule has 0 radical (unpaired) electrons. The van der Waals surface area contributed by atoms with Gasteiger partial charge in [0.1, 0.15) is 0 Å². The fourth-order valence-electron chi connectivity index (χ4n) is 1.58. The van der Waals surface area contributed by atoms with E-state index in [1.807, 2.05) is 30.3 Å². The lowest BCUT2D eigenvalue weighted by molar-refractivity contribution is 0.420. The molecule has 1 aromatic carbocycles. The number of hydrogen-bond acceptors (Lipinski definition) is 6. The molecule has 0 unspecified atom stereocenters. The van der Waals surface area contributed by atoms with Crippen LogP contribution in [0.3, 0.4) is 0 Å². The number of benzene rings is 1. The van der Waals surface area contributed by atoms with Crippen molar-refractivity contribution < 1.29 is 12.8 Å². The van der Waals surface area contributed by atoms with Crippen LogP contribution in [0.5, 0.6) is 0 Å². The molecule has 0 bridgehead atoms. The molecule has 0 amide bonds. The van der Waals surface area contributed by atoms with E-state index in [0.29, 0.717) is 29.8 Å². The Hall–Kier alpha value is -1.38. The number of aromatic nitrogens is 2. The molecule has 0 aliphatic heterocycles. The Balaban J connectivity index is 1.78. The lowest BCUT2D eigenvalue weighted by Crippen LogP contribution is -2.27. The van der Waals surface area contributed by atoms with Crippen LogP contribution in [0.15, 0.2) is 40.0 Å². The second-order valence-corrected chi connectivity index (χ2v) is 7.41. The number of rotatable bonds is 8. The van der Waals surface area contributed by atoms with Crippen LogP contribution in [0.1, 0.15) is 18.4 Å². The Morgan fingerprint density at radius 3 is 2.71 bits per heavy atom. The molecule has 2 aromatic rings. The van der Waals surface area contributed by atoms with Gasteiger partial charge in [0.25, 0.3) is 5.22 Å². The highest BCUT2D eigenvalue weighted by Gasteiger charge is 2.09. The van der Waals surface area contributed by atoms with Crippen molar-refractivity contribution in [2.45, 2.75) is 18.6 Å². The Morgan fingerprint density at radius 2 is 2.00 bits per heavy atom. The van der Waals surface area contributed by atoms with Crippen LogP contribution >= 0.6 is 11.8 Å². The number of nitrogens with one attached hydrogen (secondary N) is 1. The number of sulfonamides is 1. The quantitative estimate of drug-likeness (QED) is 0.587. The van der Waals surface area contributed by atoms with Crippen LogP contribution in [0.2, 0.25) is 0 Å². The topological polar surface area (TPSA) is 85.1 Å². The molecular formula is C13H17N3O3S2. The van der Waals surface area contributed by atoms with Gasteiger partial charge in [0.2, 0.25) is 15.9 Å². The first-order valence-electron chi connectivity index (χ1n) is 6.55. The molecule has 6 nitrogen and oxygen atoms in total. The summed E-state index contributed by atoms with van der Waals surface area (Å²) in [7, 11) is -3.14. The van der Waals surface area contributed by atoms with Gasteiger partial charge < -0.3 is 4.42 Å². The maximum atomic E-state index is 11.2. The lowest BCUT2D eigenvalue weighted by atomic mass is 10.2. The highest BCUT2D eigenvalue weighted by atomic mass is 32.2. The molecule has 0 spiro atoms. The Kier molecular flexibility index (Phi) is 5.77. The molecule has 0 aliphatic carbocycles.